The molecule has 0 aliphatic carbocycles. The number of carbonyl (C=O) groups excluding carboxylic acids is 1. The summed E-state index contributed by atoms with van der Waals surface area (Å²) in [7, 11) is 0. The van der Waals surface area contributed by atoms with Gasteiger partial charge in [-0.25, -0.2) is 4.79 Å². The van der Waals surface area contributed by atoms with Crippen molar-refractivity contribution in [2.45, 2.75) is 19.4 Å². The SMILES string of the molecule is CC(/C=C/c1ccccc1)C(O)C/C=C/C(=O)ONS. The van der Waals surface area contributed by atoms with Crippen LogP contribution in [-0.2, 0) is 9.63 Å². The monoisotopic (exact) mass is 293 g/mol. The maximum atomic E-state index is 11.0. The number of carbonyl (C=O) groups is 1. The molecule has 0 radical (unpaired) electrons. The maximum absolute atomic E-state index is 11.0. The van der Waals surface area contributed by atoms with Crippen LogP contribution in [0.15, 0.2) is 48.6 Å². The van der Waals surface area contributed by atoms with E-state index in [1.165, 1.54) is 6.08 Å². The van der Waals surface area contributed by atoms with E-state index in [9.17, 15) is 9.90 Å². The van der Waals surface area contributed by atoms with E-state index in [1.54, 1.807) is 6.08 Å². The summed E-state index contributed by atoms with van der Waals surface area (Å²) in [5.74, 6) is -0.571. The molecule has 0 bridgehead atoms. The number of aliphatic hydroxyl groups is 1. The Morgan fingerprint density at radius 2 is 2.15 bits per heavy atom. The molecule has 1 rings (SSSR count). The van der Waals surface area contributed by atoms with Crippen LogP contribution >= 0.6 is 12.8 Å². The van der Waals surface area contributed by atoms with Gasteiger partial charge in [-0.3, -0.25) is 0 Å². The van der Waals surface area contributed by atoms with E-state index in [0.717, 1.165) is 5.56 Å². The molecule has 0 fully saturated rings. The molecule has 2 atom stereocenters. The van der Waals surface area contributed by atoms with Crippen molar-refractivity contribution in [1.82, 2.24) is 4.89 Å². The minimum atomic E-state index is -0.556. The van der Waals surface area contributed by atoms with E-state index in [1.807, 2.05) is 54.3 Å². The third kappa shape index (κ3) is 6.56. The molecule has 2 unspecified atom stereocenters. The molecule has 20 heavy (non-hydrogen) atoms. The molecular formula is C15H19NO3S. The highest BCUT2D eigenvalue weighted by Crippen LogP contribution is 2.12. The van der Waals surface area contributed by atoms with Gasteiger partial charge < -0.3 is 9.94 Å². The van der Waals surface area contributed by atoms with Gasteiger partial charge in [-0.15, -0.1) is 0 Å². The average molecular weight is 293 g/mol. The summed E-state index contributed by atoms with van der Waals surface area (Å²) >= 11 is 3.53. The fraction of sp³-hybridized carbons (Fsp3) is 0.267. The van der Waals surface area contributed by atoms with Gasteiger partial charge in [0.1, 0.15) is 0 Å². The van der Waals surface area contributed by atoms with E-state index < -0.39 is 12.1 Å². The number of rotatable bonds is 7. The standard InChI is InChI=1S/C15H19NO3S/c1-12(10-11-13-6-3-2-4-7-13)14(17)8-5-9-15(18)19-16-20/h2-7,9-12,14,16-17,20H,8H2,1H3/b9-5+,11-10+. The molecule has 0 amide bonds. The number of nitrogens with one attached hydrogen (secondary N) is 1. The lowest BCUT2D eigenvalue weighted by molar-refractivity contribution is -0.140. The van der Waals surface area contributed by atoms with Gasteiger partial charge in [-0.2, -0.15) is 0 Å². The van der Waals surface area contributed by atoms with Crippen LogP contribution in [0.25, 0.3) is 6.08 Å². The second kappa shape index (κ2) is 9.36. The molecule has 0 saturated carbocycles. The fourth-order valence-corrected chi connectivity index (χ4v) is 1.64. The van der Waals surface area contributed by atoms with E-state index in [4.69, 9.17) is 0 Å². The maximum Gasteiger partial charge on any atom is 0.349 e. The van der Waals surface area contributed by atoms with Crippen molar-refractivity contribution < 1.29 is 14.7 Å². The van der Waals surface area contributed by atoms with Gasteiger partial charge in [0.15, 0.2) is 0 Å². The van der Waals surface area contributed by atoms with Crippen LogP contribution < -0.4 is 4.89 Å². The number of hydrogen-bond acceptors (Lipinski definition) is 5. The van der Waals surface area contributed by atoms with Crippen molar-refractivity contribution in [2.24, 2.45) is 5.92 Å². The zero-order valence-electron chi connectivity index (χ0n) is 11.3. The summed E-state index contributed by atoms with van der Waals surface area (Å²) in [4.78, 5) is 17.4. The van der Waals surface area contributed by atoms with Gasteiger partial charge in [0.05, 0.1) is 6.10 Å². The zero-order valence-corrected chi connectivity index (χ0v) is 12.2. The van der Waals surface area contributed by atoms with Crippen molar-refractivity contribution in [1.29, 1.82) is 0 Å². The lowest BCUT2D eigenvalue weighted by Gasteiger charge is -2.13. The first-order valence-electron chi connectivity index (χ1n) is 6.31. The summed E-state index contributed by atoms with van der Waals surface area (Å²) in [5.41, 5.74) is 1.09. The highest BCUT2D eigenvalue weighted by molar-refractivity contribution is 7.77. The first kappa shape index (κ1) is 16.5. The molecule has 0 aromatic heterocycles. The molecule has 0 aliphatic rings. The predicted molar refractivity (Wildman–Crippen MR) is 82.6 cm³/mol. The molecule has 1 aromatic carbocycles. The van der Waals surface area contributed by atoms with E-state index in [2.05, 4.69) is 17.7 Å². The zero-order chi connectivity index (χ0) is 14.8. The normalized spacial score (nSPS) is 14.6. The molecule has 0 spiro atoms. The minimum Gasteiger partial charge on any atom is -0.392 e. The second-order valence-corrected chi connectivity index (χ2v) is 4.53. The molecule has 4 nitrogen and oxygen atoms in total. The highest BCUT2D eigenvalue weighted by Gasteiger charge is 2.09. The minimum absolute atomic E-state index is 0.0149. The van der Waals surface area contributed by atoms with Gasteiger partial charge in [0.2, 0.25) is 0 Å². The Balaban J connectivity index is 2.41. The number of thiol groups is 1. The Kier molecular flexibility index (Phi) is 7.72. The number of aliphatic hydroxyl groups excluding tert-OH is 1. The van der Waals surface area contributed by atoms with Crippen molar-refractivity contribution in [3.63, 3.8) is 0 Å². The van der Waals surface area contributed by atoms with Crippen LogP contribution in [0.1, 0.15) is 18.9 Å². The Bertz CT molecular complexity index is 459. The molecular weight excluding hydrogens is 274 g/mol. The third-order valence-electron chi connectivity index (χ3n) is 2.78. The molecule has 0 heterocycles. The topological polar surface area (TPSA) is 58.6 Å². The van der Waals surface area contributed by atoms with Crippen molar-refractivity contribution in [3.8, 4) is 0 Å². The molecule has 5 heteroatoms. The van der Waals surface area contributed by atoms with Crippen LogP contribution in [0.3, 0.4) is 0 Å². The number of hydrogen-bond donors (Lipinski definition) is 3. The quantitative estimate of drug-likeness (QED) is 0.411. The van der Waals surface area contributed by atoms with Crippen LogP contribution in [0, 0.1) is 5.92 Å². The number of benzene rings is 1. The van der Waals surface area contributed by atoms with Crippen molar-refractivity contribution in [3.05, 3.63) is 54.1 Å². The van der Waals surface area contributed by atoms with Crippen LogP contribution in [-0.4, -0.2) is 17.2 Å². The Hall–Kier alpha value is -1.56. The predicted octanol–water partition coefficient (Wildman–Crippen LogP) is 2.54. The Morgan fingerprint density at radius 1 is 1.45 bits per heavy atom. The van der Waals surface area contributed by atoms with Gasteiger partial charge in [-0.1, -0.05) is 73.2 Å². The lowest BCUT2D eigenvalue weighted by Crippen LogP contribution is -2.14. The summed E-state index contributed by atoms with van der Waals surface area (Å²) in [6.07, 6.45) is 6.56. The highest BCUT2D eigenvalue weighted by atomic mass is 32.1. The summed E-state index contributed by atoms with van der Waals surface area (Å²) in [5, 5.41) is 9.95. The van der Waals surface area contributed by atoms with Gasteiger partial charge >= 0.3 is 5.97 Å². The van der Waals surface area contributed by atoms with E-state index >= 15 is 0 Å². The lowest BCUT2D eigenvalue weighted by atomic mass is 10.00. The van der Waals surface area contributed by atoms with E-state index in [0.29, 0.717) is 6.42 Å². The molecule has 1 aromatic rings. The largest absolute Gasteiger partial charge is 0.392 e. The van der Waals surface area contributed by atoms with Crippen LogP contribution in [0.2, 0.25) is 0 Å². The Labute approximate surface area is 124 Å². The molecule has 108 valence electrons. The summed E-state index contributed by atoms with van der Waals surface area (Å²) in [6.45, 7) is 1.92. The van der Waals surface area contributed by atoms with Crippen molar-refractivity contribution in [2.75, 3.05) is 0 Å². The third-order valence-corrected chi connectivity index (χ3v) is 2.87. The fourth-order valence-electron chi connectivity index (χ4n) is 1.55. The van der Waals surface area contributed by atoms with Crippen molar-refractivity contribution >= 4 is 24.9 Å². The smallest absolute Gasteiger partial charge is 0.349 e. The molecule has 2 N–H and O–H groups in total. The molecule has 0 saturated heterocycles. The van der Waals surface area contributed by atoms with Crippen LogP contribution in [0.4, 0.5) is 0 Å². The first-order chi connectivity index (χ1) is 9.63. The van der Waals surface area contributed by atoms with Gasteiger partial charge in [0, 0.05) is 12.0 Å². The molecule has 0 aliphatic heterocycles. The summed E-state index contributed by atoms with van der Waals surface area (Å²) < 4.78 is 0. The first-order valence-corrected chi connectivity index (χ1v) is 6.76. The summed E-state index contributed by atoms with van der Waals surface area (Å²) in [6, 6.07) is 9.88. The van der Waals surface area contributed by atoms with Gasteiger partial charge in [-0.05, 0) is 12.0 Å². The average Bonchev–Trinajstić information content (AvgIpc) is 2.46. The van der Waals surface area contributed by atoms with E-state index in [-0.39, 0.29) is 5.92 Å². The van der Waals surface area contributed by atoms with Crippen LogP contribution in [0.5, 0.6) is 0 Å². The second-order valence-electron chi connectivity index (χ2n) is 4.35. The Morgan fingerprint density at radius 3 is 2.80 bits per heavy atom. The van der Waals surface area contributed by atoms with Gasteiger partial charge in [0.25, 0.3) is 0 Å².